The highest BCUT2D eigenvalue weighted by Gasteiger charge is 2.25. The lowest BCUT2D eigenvalue weighted by atomic mass is 9.96. The van der Waals surface area contributed by atoms with Gasteiger partial charge in [-0.15, -0.1) is 0 Å². The summed E-state index contributed by atoms with van der Waals surface area (Å²) in [5, 5.41) is 27.4. The smallest absolute Gasteiger partial charge is 0.193 e. The Hall–Kier alpha value is -1.27. The average Bonchev–Trinajstić information content (AvgIpc) is 2.37. The second kappa shape index (κ2) is 6.77. The Morgan fingerprint density at radius 2 is 2.11 bits per heavy atom. The van der Waals surface area contributed by atoms with Gasteiger partial charge in [-0.05, 0) is 25.5 Å². The molecule has 1 aromatic rings. The summed E-state index contributed by atoms with van der Waals surface area (Å²) in [5.41, 5.74) is -0.233. The summed E-state index contributed by atoms with van der Waals surface area (Å²) in [4.78, 5) is 11.9. The summed E-state index contributed by atoms with van der Waals surface area (Å²) in [5.74, 6) is -0.357. The van der Waals surface area contributed by atoms with Crippen molar-refractivity contribution in [2.45, 2.75) is 32.2 Å². The molecule has 0 saturated heterocycles. The SMILES string of the molecule is CC(C)(O)C(=O)c1cccc(COCC(O)CO)c1. The quantitative estimate of drug-likeness (QED) is 0.627. The summed E-state index contributed by atoms with van der Waals surface area (Å²) >= 11 is 0. The Kier molecular flexibility index (Phi) is 5.62. The summed E-state index contributed by atoms with van der Waals surface area (Å²) in [6, 6.07) is 6.77. The zero-order valence-electron chi connectivity index (χ0n) is 11.2. The van der Waals surface area contributed by atoms with Gasteiger partial charge in [0.2, 0.25) is 0 Å². The van der Waals surface area contributed by atoms with Crippen LogP contribution in [0.2, 0.25) is 0 Å². The molecular weight excluding hydrogens is 248 g/mol. The molecule has 1 aromatic carbocycles. The van der Waals surface area contributed by atoms with E-state index in [-0.39, 0.29) is 25.6 Å². The highest BCUT2D eigenvalue weighted by atomic mass is 16.5. The van der Waals surface area contributed by atoms with Crippen molar-refractivity contribution in [1.29, 1.82) is 0 Å². The highest BCUT2D eigenvalue weighted by molar-refractivity contribution is 6.01. The van der Waals surface area contributed by atoms with E-state index in [1.165, 1.54) is 13.8 Å². The van der Waals surface area contributed by atoms with Crippen LogP contribution in [-0.2, 0) is 11.3 Å². The van der Waals surface area contributed by atoms with Gasteiger partial charge >= 0.3 is 0 Å². The van der Waals surface area contributed by atoms with Crippen LogP contribution in [0.25, 0.3) is 0 Å². The van der Waals surface area contributed by atoms with E-state index < -0.39 is 11.7 Å². The van der Waals surface area contributed by atoms with E-state index in [4.69, 9.17) is 14.9 Å². The summed E-state index contributed by atoms with van der Waals surface area (Å²) in [6.45, 7) is 2.79. The van der Waals surface area contributed by atoms with Crippen molar-refractivity contribution in [3.8, 4) is 0 Å². The van der Waals surface area contributed by atoms with Crippen LogP contribution in [-0.4, -0.2) is 46.0 Å². The molecule has 1 atom stereocenters. The third-order valence-corrected chi connectivity index (χ3v) is 2.53. The van der Waals surface area contributed by atoms with Crippen molar-refractivity contribution < 1.29 is 24.9 Å². The van der Waals surface area contributed by atoms with Crippen LogP contribution in [0.5, 0.6) is 0 Å². The van der Waals surface area contributed by atoms with E-state index >= 15 is 0 Å². The van der Waals surface area contributed by atoms with Crippen LogP contribution < -0.4 is 0 Å². The number of ketones is 1. The number of carbonyl (C=O) groups excluding carboxylic acids is 1. The van der Waals surface area contributed by atoms with Gasteiger partial charge in [0.15, 0.2) is 5.78 Å². The third-order valence-electron chi connectivity index (χ3n) is 2.53. The van der Waals surface area contributed by atoms with Gasteiger partial charge in [-0.3, -0.25) is 4.79 Å². The molecule has 3 N–H and O–H groups in total. The minimum Gasteiger partial charge on any atom is -0.394 e. The molecule has 0 aliphatic carbocycles. The lowest BCUT2D eigenvalue weighted by Gasteiger charge is -2.16. The third kappa shape index (κ3) is 5.08. The maximum absolute atomic E-state index is 11.9. The van der Waals surface area contributed by atoms with E-state index in [0.29, 0.717) is 5.56 Å². The molecule has 0 radical (unpaired) electrons. The Bertz CT molecular complexity index is 422. The van der Waals surface area contributed by atoms with Crippen LogP contribution in [0.1, 0.15) is 29.8 Å². The van der Waals surface area contributed by atoms with Gasteiger partial charge in [-0.2, -0.15) is 0 Å². The number of aliphatic hydroxyl groups excluding tert-OH is 2. The topological polar surface area (TPSA) is 87.0 Å². The number of hydrogen-bond donors (Lipinski definition) is 3. The second-order valence-corrected chi connectivity index (χ2v) is 4.94. The second-order valence-electron chi connectivity index (χ2n) is 4.94. The Morgan fingerprint density at radius 1 is 1.42 bits per heavy atom. The molecule has 0 heterocycles. The Balaban J connectivity index is 2.65. The number of hydrogen-bond acceptors (Lipinski definition) is 5. The summed E-state index contributed by atoms with van der Waals surface area (Å²) < 4.78 is 5.21. The lowest BCUT2D eigenvalue weighted by molar-refractivity contribution is 0.000000665. The molecule has 1 unspecified atom stereocenters. The van der Waals surface area contributed by atoms with E-state index in [2.05, 4.69) is 0 Å². The molecular formula is C14H20O5. The molecule has 0 spiro atoms. The van der Waals surface area contributed by atoms with Crippen LogP contribution >= 0.6 is 0 Å². The fraction of sp³-hybridized carbons (Fsp3) is 0.500. The molecule has 0 amide bonds. The molecule has 5 nitrogen and oxygen atoms in total. The van der Waals surface area contributed by atoms with E-state index in [1.54, 1.807) is 24.3 Å². The van der Waals surface area contributed by atoms with E-state index in [9.17, 15) is 9.90 Å². The van der Waals surface area contributed by atoms with Crippen molar-refractivity contribution in [2.75, 3.05) is 13.2 Å². The van der Waals surface area contributed by atoms with Gasteiger partial charge in [-0.25, -0.2) is 0 Å². The molecule has 1 rings (SSSR count). The first-order valence-electron chi connectivity index (χ1n) is 6.07. The Labute approximate surface area is 112 Å². The van der Waals surface area contributed by atoms with Gasteiger partial charge in [0.05, 0.1) is 19.8 Å². The Morgan fingerprint density at radius 3 is 2.68 bits per heavy atom. The van der Waals surface area contributed by atoms with Crippen molar-refractivity contribution in [3.05, 3.63) is 35.4 Å². The van der Waals surface area contributed by atoms with Gasteiger partial charge < -0.3 is 20.1 Å². The fourth-order valence-electron chi connectivity index (χ4n) is 1.52. The monoisotopic (exact) mass is 268 g/mol. The molecule has 0 aliphatic rings. The number of carbonyl (C=O) groups is 1. The molecule has 19 heavy (non-hydrogen) atoms. The maximum Gasteiger partial charge on any atom is 0.193 e. The van der Waals surface area contributed by atoms with Crippen molar-refractivity contribution in [1.82, 2.24) is 0 Å². The first-order chi connectivity index (χ1) is 8.84. The van der Waals surface area contributed by atoms with Crippen molar-refractivity contribution in [2.24, 2.45) is 0 Å². The molecule has 5 heteroatoms. The van der Waals surface area contributed by atoms with Crippen molar-refractivity contribution >= 4 is 5.78 Å². The molecule has 0 saturated carbocycles. The molecule has 0 aromatic heterocycles. The van der Waals surface area contributed by atoms with Crippen LogP contribution in [0.3, 0.4) is 0 Å². The lowest BCUT2D eigenvalue weighted by Crippen LogP contribution is -2.31. The number of ether oxygens (including phenoxy) is 1. The summed E-state index contributed by atoms with van der Waals surface area (Å²) in [7, 11) is 0. The van der Waals surface area contributed by atoms with Crippen LogP contribution in [0, 0.1) is 0 Å². The van der Waals surface area contributed by atoms with Crippen LogP contribution in [0.15, 0.2) is 24.3 Å². The minimum absolute atomic E-state index is 0.0279. The molecule has 0 aliphatic heterocycles. The number of benzene rings is 1. The fourth-order valence-corrected chi connectivity index (χ4v) is 1.52. The first kappa shape index (κ1) is 15.8. The largest absolute Gasteiger partial charge is 0.394 e. The zero-order valence-corrected chi connectivity index (χ0v) is 11.2. The average molecular weight is 268 g/mol. The number of aliphatic hydroxyl groups is 3. The molecule has 0 bridgehead atoms. The first-order valence-corrected chi connectivity index (χ1v) is 6.07. The zero-order chi connectivity index (χ0) is 14.5. The highest BCUT2D eigenvalue weighted by Crippen LogP contribution is 2.14. The van der Waals surface area contributed by atoms with Crippen molar-refractivity contribution in [3.63, 3.8) is 0 Å². The number of rotatable bonds is 7. The maximum atomic E-state index is 11.9. The molecule has 0 fully saturated rings. The predicted molar refractivity (Wildman–Crippen MR) is 69.8 cm³/mol. The van der Waals surface area contributed by atoms with E-state index in [1.807, 2.05) is 0 Å². The summed E-state index contributed by atoms with van der Waals surface area (Å²) in [6.07, 6.45) is -0.902. The predicted octanol–water partition coefficient (Wildman–Crippen LogP) is 0.510. The van der Waals surface area contributed by atoms with E-state index in [0.717, 1.165) is 5.56 Å². The van der Waals surface area contributed by atoms with Crippen LogP contribution in [0.4, 0.5) is 0 Å². The van der Waals surface area contributed by atoms with Gasteiger partial charge in [0.1, 0.15) is 11.7 Å². The van der Waals surface area contributed by atoms with Gasteiger partial charge in [0.25, 0.3) is 0 Å². The normalized spacial score (nSPS) is 13.3. The van der Waals surface area contributed by atoms with Gasteiger partial charge in [0, 0.05) is 5.56 Å². The minimum atomic E-state index is -1.41. The standard InChI is InChI=1S/C14H20O5/c1-14(2,18)13(17)11-5-3-4-10(6-11)8-19-9-12(16)7-15/h3-6,12,15-16,18H,7-9H2,1-2H3. The molecule has 106 valence electrons. The van der Waals surface area contributed by atoms with Gasteiger partial charge in [-0.1, -0.05) is 18.2 Å². The number of Topliss-reactive ketones (excluding diaryl/α,β-unsaturated/α-hetero) is 1.